The Bertz CT molecular complexity index is 463. The molecule has 0 aromatic heterocycles. The third-order valence-electron chi connectivity index (χ3n) is 3.82. The summed E-state index contributed by atoms with van der Waals surface area (Å²) in [4.78, 5) is 0.0766. The lowest BCUT2D eigenvalue weighted by Gasteiger charge is -2.29. The van der Waals surface area contributed by atoms with Crippen LogP contribution in [0.2, 0.25) is 0 Å². The molecule has 0 radical (unpaired) electrons. The summed E-state index contributed by atoms with van der Waals surface area (Å²) in [6.45, 7) is 2.21. The van der Waals surface area contributed by atoms with Gasteiger partial charge in [-0.15, -0.1) is 0 Å². The normalized spacial score (nSPS) is 23.1. The molecule has 1 aromatic carbocycles. The zero-order chi connectivity index (χ0) is 13.8. The Kier molecular flexibility index (Phi) is 4.75. The average Bonchev–Trinajstić information content (AvgIpc) is 2.38. The quantitative estimate of drug-likeness (QED) is 0.852. The van der Waals surface area contributed by atoms with Crippen molar-refractivity contribution in [3.8, 4) is 5.75 Å². The van der Waals surface area contributed by atoms with Crippen molar-refractivity contribution in [1.29, 1.82) is 0 Å². The highest BCUT2D eigenvalue weighted by Crippen LogP contribution is 2.30. The van der Waals surface area contributed by atoms with Crippen LogP contribution in [0, 0.1) is 11.7 Å². The Hall–Kier alpha value is -1.16. The van der Waals surface area contributed by atoms with E-state index in [0.29, 0.717) is 5.75 Å². The molecule has 2 rings (SSSR count). The van der Waals surface area contributed by atoms with Gasteiger partial charge in [0, 0.05) is 11.6 Å². The van der Waals surface area contributed by atoms with Crippen molar-refractivity contribution in [2.24, 2.45) is 11.7 Å². The maximum absolute atomic E-state index is 13.8. The van der Waals surface area contributed by atoms with E-state index >= 15 is 0 Å². The van der Waals surface area contributed by atoms with E-state index in [1.165, 1.54) is 25.3 Å². The van der Waals surface area contributed by atoms with E-state index in [2.05, 4.69) is 6.92 Å². The molecule has 1 aromatic rings. The number of nitrogens with two attached hydrogens (primary N) is 1. The van der Waals surface area contributed by atoms with Gasteiger partial charge in [0.05, 0.1) is 6.10 Å². The number of thiocarbonyl (C=S) groups is 1. The van der Waals surface area contributed by atoms with Gasteiger partial charge in [-0.1, -0.05) is 32.0 Å². The molecule has 0 bridgehead atoms. The van der Waals surface area contributed by atoms with E-state index in [-0.39, 0.29) is 16.7 Å². The molecule has 2 N–H and O–H groups in total. The number of hydrogen-bond acceptors (Lipinski definition) is 2. The van der Waals surface area contributed by atoms with Gasteiger partial charge in [-0.05, 0) is 37.3 Å². The molecule has 2 unspecified atom stereocenters. The van der Waals surface area contributed by atoms with Gasteiger partial charge in [-0.3, -0.25) is 0 Å². The van der Waals surface area contributed by atoms with Gasteiger partial charge in [0.1, 0.15) is 16.6 Å². The summed E-state index contributed by atoms with van der Waals surface area (Å²) in [5.74, 6) is 0.895. The molecule has 2 atom stereocenters. The maximum Gasteiger partial charge on any atom is 0.137 e. The first-order chi connectivity index (χ1) is 9.10. The van der Waals surface area contributed by atoms with Crippen molar-refractivity contribution < 1.29 is 9.13 Å². The summed E-state index contributed by atoms with van der Waals surface area (Å²) in [5, 5.41) is 0. The molecule has 19 heavy (non-hydrogen) atoms. The van der Waals surface area contributed by atoms with Crippen molar-refractivity contribution in [3.05, 3.63) is 29.6 Å². The molecular weight excluding hydrogens is 261 g/mol. The van der Waals surface area contributed by atoms with Gasteiger partial charge in [0.2, 0.25) is 0 Å². The van der Waals surface area contributed by atoms with Crippen LogP contribution in [-0.4, -0.2) is 11.1 Å². The van der Waals surface area contributed by atoms with E-state index in [1.54, 1.807) is 12.1 Å². The Morgan fingerprint density at radius 3 is 2.89 bits per heavy atom. The van der Waals surface area contributed by atoms with Crippen LogP contribution in [0.15, 0.2) is 18.2 Å². The minimum atomic E-state index is -0.409. The van der Waals surface area contributed by atoms with E-state index < -0.39 is 5.82 Å². The Morgan fingerprint density at radius 2 is 2.26 bits per heavy atom. The minimum absolute atomic E-state index is 0.0766. The van der Waals surface area contributed by atoms with Crippen LogP contribution in [0.3, 0.4) is 0 Å². The number of rotatable bonds is 4. The largest absolute Gasteiger partial charge is 0.490 e. The smallest absolute Gasteiger partial charge is 0.137 e. The van der Waals surface area contributed by atoms with E-state index in [4.69, 9.17) is 22.7 Å². The molecule has 1 aliphatic rings. The molecule has 1 saturated carbocycles. The number of halogens is 1. The van der Waals surface area contributed by atoms with Gasteiger partial charge < -0.3 is 10.5 Å². The van der Waals surface area contributed by atoms with Crippen molar-refractivity contribution in [2.45, 2.75) is 45.1 Å². The lowest BCUT2D eigenvalue weighted by Crippen LogP contribution is -2.25. The summed E-state index contributed by atoms with van der Waals surface area (Å²) in [6.07, 6.45) is 5.98. The summed E-state index contributed by atoms with van der Waals surface area (Å²) < 4.78 is 19.6. The second-order valence-electron chi connectivity index (χ2n) is 5.19. The van der Waals surface area contributed by atoms with Crippen LogP contribution < -0.4 is 10.5 Å². The zero-order valence-corrected chi connectivity index (χ0v) is 12.0. The highest BCUT2D eigenvalue weighted by molar-refractivity contribution is 7.80. The summed E-state index contributed by atoms with van der Waals surface area (Å²) in [7, 11) is 0. The second kappa shape index (κ2) is 6.33. The fraction of sp³-hybridized carbons (Fsp3) is 0.533. The summed E-state index contributed by atoms with van der Waals surface area (Å²) >= 11 is 4.78. The summed E-state index contributed by atoms with van der Waals surface area (Å²) in [5.41, 5.74) is 5.71. The first-order valence-corrected chi connectivity index (χ1v) is 7.27. The fourth-order valence-corrected chi connectivity index (χ4v) is 2.85. The maximum atomic E-state index is 13.8. The molecule has 0 spiro atoms. The summed E-state index contributed by atoms with van der Waals surface area (Å²) in [6, 6.07) is 4.71. The van der Waals surface area contributed by atoms with Crippen LogP contribution in [0.5, 0.6) is 5.75 Å². The lowest BCUT2D eigenvalue weighted by atomic mass is 9.85. The number of hydrogen-bond donors (Lipinski definition) is 1. The molecule has 0 amide bonds. The third-order valence-corrected chi connectivity index (χ3v) is 4.04. The average molecular weight is 281 g/mol. The second-order valence-corrected chi connectivity index (χ2v) is 5.63. The predicted octanol–water partition coefficient (Wildman–Crippen LogP) is 3.81. The van der Waals surface area contributed by atoms with Gasteiger partial charge in [-0.2, -0.15) is 0 Å². The van der Waals surface area contributed by atoms with Crippen molar-refractivity contribution in [1.82, 2.24) is 0 Å². The number of benzene rings is 1. The molecule has 2 nitrogen and oxygen atoms in total. The molecule has 1 aliphatic carbocycles. The monoisotopic (exact) mass is 281 g/mol. The molecule has 4 heteroatoms. The third kappa shape index (κ3) is 3.66. The van der Waals surface area contributed by atoms with Crippen molar-refractivity contribution in [3.63, 3.8) is 0 Å². The van der Waals surface area contributed by atoms with Crippen LogP contribution in [-0.2, 0) is 0 Å². The van der Waals surface area contributed by atoms with E-state index in [9.17, 15) is 4.39 Å². The van der Waals surface area contributed by atoms with Crippen LogP contribution in [0.1, 0.15) is 44.6 Å². The number of ether oxygens (including phenoxy) is 1. The Labute approximate surface area is 119 Å². The standard InChI is InChI=1S/C15H20FNOS/c1-2-10-4-3-5-11(8-10)18-12-6-7-13(15(17)19)14(16)9-12/h6-7,9-11H,2-5,8H2,1H3,(H2,17,19). The fourth-order valence-electron chi connectivity index (χ4n) is 2.68. The van der Waals surface area contributed by atoms with Crippen molar-refractivity contribution in [2.75, 3.05) is 0 Å². The van der Waals surface area contributed by atoms with Crippen LogP contribution in [0.25, 0.3) is 0 Å². The Morgan fingerprint density at radius 1 is 1.47 bits per heavy atom. The minimum Gasteiger partial charge on any atom is -0.490 e. The van der Waals surface area contributed by atoms with Crippen LogP contribution in [0.4, 0.5) is 4.39 Å². The SMILES string of the molecule is CCC1CCCC(Oc2ccc(C(N)=S)c(F)c2)C1. The van der Waals surface area contributed by atoms with Crippen molar-refractivity contribution >= 4 is 17.2 Å². The van der Waals surface area contributed by atoms with Crippen LogP contribution >= 0.6 is 12.2 Å². The van der Waals surface area contributed by atoms with Gasteiger partial charge in [-0.25, -0.2) is 4.39 Å². The predicted molar refractivity (Wildman–Crippen MR) is 79.0 cm³/mol. The first-order valence-electron chi connectivity index (χ1n) is 6.86. The molecule has 0 saturated heterocycles. The van der Waals surface area contributed by atoms with Gasteiger partial charge in [0.15, 0.2) is 0 Å². The highest BCUT2D eigenvalue weighted by atomic mass is 32.1. The molecule has 0 heterocycles. The molecule has 1 fully saturated rings. The first kappa shape index (κ1) is 14.3. The highest BCUT2D eigenvalue weighted by Gasteiger charge is 2.22. The van der Waals surface area contributed by atoms with Gasteiger partial charge in [0.25, 0.3) is 0 Å². The van der Waals surface area contributed by atoms with Gasteiger partial charge >= 0.3 is 0 Å². The van der Waals surface area contributed by atoms with E-state index in [1.807, 2.05) is 0 Å². The molecule has 0 aliphatic heterocycles. The lowest BCUT2D eigenvalue weighted by molar-refractivity contribution is 0.121. The molecule has 104 valence electrons. The molecular formula is C15H20FNOS. The van der Waals surface area contributed by atoms with E-state index in [0.717, 1.165) is 18.8 Å². The Balaban J connectivity index is 2.03. The zero-order valence-electron chi connectivity index (χ0n) is 11.2. The topological polar surface area (TPSA) is 35.2 Å².